The molecule has 3 rings (SSSR count). The van der Waals surface area contributed by atoms with Gasteiger partial charge in [-0.25, -0.2) is 4.79 Å². The van der Waals surface area contributed by atoms with Crippen molar-refractivity contribution in [1.82, 2.24) is 0 Å². The lowest BCUT2D eigenvalue weighted by Gasteiger charge is -2.44. The van der Waals surface area contributed by atoms with E-state index in [1.54, 1.807) is 6.92 Å². The molecule has 0 aliphatic carbocycles. The van der Waals surface area contributed by atoms with Crippen LogP contribution < -0.4 is 0 Å². The third-order valence-electron chi connectivity index (χ3n) is 7.12. The maximum Gasteiger partial charge on any atom is 0.333 e. The van der Waals surface area contributed by atoms with Gasteiger partial charge in [0.1, 0.15) is 80.4 Å². The first kappa shape index (κ1) is 33.1. The number of esters is 1. The Morgan fingerprint density at radius 1 is 0.775 bits per heavy atom. The second kappa shape index (κ2) is 13.7. The topological polar surface area (TPSA) is 275 Å². The third-order valence-corrected chi connectivity index (χ3v) is 7.12. The van der Waals surface area contributed by atoms with Crippen molar-refractivity contribution in [2.45, 2.75) is 99.4 Å². The Morgan fingerprint density at radius 3 is 1.85 bits per heavy atom. The fraction of sp³-hybridized carbons (Fsp3) is 0.870. The van der Waals surface area contributed by atoms with Crippen molar-refractivity contribution in [3.63, 3.8) is 0 Å². The van der Waals surface area contributed by atoms with Crippen LogP contribution in [0, 0.1) is 0 Å². The van der Waals surface area contributed by atoms with Crippen LogP contribution in [0.1, 0.15) is 13.8 Å². The number of allylic oxidation sites excluding steroid dienone is 1. The summed E-state index contributed by atoms with van der Waals surface area (Å²) >= 11 is 0. The minimum absolute atomic E-state index is 0.277. The largest absolute Gasteiger partial charge is 0.459 e. The van der Waals surface area contributed by atoms with Crippen molar-refractivity contribution in [2.24, 2.45) is 0 Å². The zero-order valence-electron chi connectivity index (χ0n) is 21.7. The van der Waals surface area contributed by atoms with Gasteiger partial charge in [0.15, 0.2) is 12.6 Å². The van der Waals surface area contributed by atoms with Crippen molar-refractivity contribution in [2.75, 3.05) is 26.4 Å². The normalized spacial score (nSPS) is 46.4. The molecule has 3 heterocycles. The maximum absolute atomic E-state index is 11.9. The van der Waals surface area contributed by atoms with Crippen molar-refractivity contribution >= 4 is 5.97 Å². The van der Waals surface area contributed by atoms with Crippen LogP contribution in [-0.4, -0.2) is 169 Å². The lowest BCUT2D eigenvalue weighted by atomic mass is 9.98. The molecular formula is C23H38O17. The lowest BCUT2D eigenvalue weighted by Crippen LogP contribution is -2.63. The molecule has 17 heteroatoms. The van der Waals surface area contributed by atoms with Crippen molar-refractivity contribution in [3.05, 3.63) is 11.6 Å². The van der Waals surface area contributed by atoms with E-state index in [0.717, 1.165) is 0 Å². The predicted octanol–water partition coefficient (Wildman–Crippen LogP) is -6.05. The highest BCUT2D eigenvalue weighted by atomic mass is 16.8. The zero-order chi connectivity index (χ0) is 29.9. The van der Waals surface area contributed by atoms with Gasteiger partial charge in [-0.1, -0.05) is 6.08 Å². The summed E-state index contributed by atoms with van der Waals surface area (Å²) in [6.07, 6.45) is -20.8. The van der Waals surface area contributed by atoms with E-state index >= 15 is 0 Å². The summed E-state index contributed by atoms with van der Waals surface area (Å²) in [6.45, 7) is 0.103. The zero-order valence-corrected chi connectivity index (χ0v) is 21.7. The van der Waals surface area contributed by atoms with Gasteiger partial charge in [-0.15, -0.1) is 0 Å². The summed E-state index contributed by atoms with van der Waals surface area (Å²) in [6, 6.07) is 0. The first-order chi connectivity index (χ1) is 18.8. The molecule has 0 aromatic carbocycles. The summed E-state index contributed by atoms with van der Waals surface area (Å²) < 4.78 is 32.0. The summed E-state index contributed by atoms with van der Waals surface area (Å²) in [5, 5.41) is 101. The first-order valence-electron chi connectivity index (χ1n) is 12.6. The molecule has 0 aromatic heterocycles. The van der Waals surface area contributed by atoms with Crippen LogP contribution >= 0.6 is 0 Å². The second-order valence-corrected chi connectivity index (χ2v) is 9.79. The Balaban J connectivity index is 1.67. The number of ether oxygens (including phenoxy) is 6. The van der Waals surface area contributed by atoms with Crippen LogP contribution in [0.25, 0.3) is 0 Å². The molecule has 3 aliphatic rings. The van der Waals surface area contributed by atoms with E-state index in [1.807, 2.05) is 0 Å². The predicted molar refractivity (Wildman–Crippen MR) is 125 cm³/mol. The smallest absolute Gasteiger partial charge is 0.333 e. The molecule has 14 atom stereocenters. The molecule has 0 unspecified atom stereocenters. The number of aliphatic hydroxyl groups excluding tert-OH is 10. The molecule has 0 bridgehead atoms. The molecule has 10 N–H and O–H groups in total. The quantitative estimate of drug-likeness (QED) is 0.0842. The molecule has 3 fully saturated rings. The molecule has 3 aliphatic heterocycles. The third kappa shape index (κ3) is 6.64. The molecule has 0 saturated carbocycles. The van der Waals surface area contributed by atoms with E-state index in [0.29, 0.717) is 0 Å². The first-order valence-corrected chi connectivity index (χ1v) is 12.6. The van der Waals surface area contributed by atoms with Gasteiger partial charge in [0.05, 0.1) is 13.2 Å². The van der Waals surface area contributed by atoms with Crippen molar-refractivity contribution < 1.29 is 84.3 Å². The van der Waals surface area contributed by atoms with E-state index in [2.05, 4.69) is 0 Å². The average molecular weight is 587 g/mol. The molecule has 232 valence electrons. The Morgan fingerprint density at radius 2 is 1.32 bits per heavy atom. The van der Waals surface area contributed by atoms with Gasteiger partial charge < -0.3 is 79.5 Å². The number of carbonyl (C=O) groups is 1. The Kier molecular flexibility index (Phi) is 11.4. The fourth-order valence-electron chi connectivity index (χ4n) is 4.39. The van der Waals surface area contributed by atoms with Crippen molar-refractivity contribution in [1.29, 1.82) is 0 Å². The van der Waals surface area contributed by atoms with E-state index in [1.165, 1.54) is 13.0 Å². The Bertz CT molecular complexity index is 872. The van der Waals surface area contributed by atoms with Gasteiger partial charge in [-0.05, 0) is 13.8 Å². The number of hydrogen-bond donors (Lipinski definition) is 10. The SMILES string of the molecule is C/C=C(\C)C(=O)OC[C@@H]1O[C@H](OC[C@@H]2O[C@H](O[C@]3(CO)O[C@@H](CO)[C@@H](O)[C@@H]3O)[C@@H](O)[C@H](O)[C@@H]2O)[C@@H](O)[C@H](O)[C@H]1O. The molecule has 17 nitrogen and oxygen atoms in total. The average Bonchev–Trinajstić information content (AvgIpc) is 3.20. The van der Waals surface area contributed by atoms with Crippen LogP contribution in [-0.2, 0) is 33.2 Å². The van der Waals surface area contributed by atoms with Crippen LogP contribution in [0.15, 0.2) is 11.6 Å². The van der Waals surface area contributed by atoms with Crippen LogP contribution in [0.3, 0.4) is 0 Å². The maximum atomic E-state index is 11.9. The number of aliphatic hydroxyl groups is 10. The summed E-state index contributed by atoms with van der Waals surface area (Å²) in [7, 11) is 0. The Hall–Kier alpha value is -1.39. The highest BCUT2D eigenvalue weighted by Crippen LogP contribution is 2.36. The number of hydrogen-bond acceptors (Lipinski definition) is 17. The van der Waals surface area contributed by atoms with E-state index < -0.39 is 118 Å². The highest BCUT2D eigenvalue weighted by molar-refractivity contribution is 5.87. The molecule has 40 heavy (non-hydrogen) atoms. The Labute approximate surface area is 228 Å². The fourth-order valence-corrected chi connectivity index (χ4v) is 4.39. The standard InChI is InChI=1S/C23H38O17/c1-3-8(2)20(34)35-5-10-12(26)15(29)17(31)21(37-10)36-6-11-13(27)16(30)18(32)22(38-11)40-23(7-25)19(33)14(28)9(4-24)39-23/h3,9-19,21-22,24-33H,4-7H2,1-2H3/b8-3+/t9-,10-,11-,12-,13+,14+,15+,16+,17-,18-,19-,21-,22+,23-/m0/s1. The molecule has 0 amide bonds. The van der Waals surface area contributed by atoms with Gasteiger partial charge in [-0.3, -0.25) is 0 Å². The molecule has 0 spiro atoms. The highest BCUT2D eigenvalue weighted by Gasteiger charge is 2.58. The van der Waals surface area contributed by atoms with Gasteiger partial charge in [0.25, 0.3) is 0 Å². The molecule has 3 saturated heterocycles. The van der Waals surface area contributed by atoms with E-state index in [-0.39, 0.29) is 5.57 Å². The second-order valence-electron chi connectivity index (χ2n) is 9.79. The summed E-state index contributed by atoms with van der Waals surface area (Å²) in [4.78, 5) is 11.9. The minimum atomic E-state index is -2.38. The monoisotopic (exact) mass is 586 g/mol. The van der Waals surface area contributed by atoms with E-state index in [9.17, 15) is 55.9 Å². The van der Waals surface area contributed by atoms with Crippen molar-refractivity contribution in [3.8, 4) is 0 Å². The molecular weight excluding hydrogens is 548 g/mol. The van der Waals surface area contributed by atoms with Crippen LogP contribution in [0.5, 0.6) is 0 Å². The molecule has 0 aromatic rings. The van der Waals surface area contributed by atoms with Gasteiger partial charge in [0.2, 0.25) is 5.79 Å². The summed E-state index contributed by atoms with van der Waals surface area (Å²) in [5.41, 5.74) is 0.277. The molecule has 0 radical (unpaired) electrons. The van der Waals surface area contributed by atoms with Gasteiger partial charge in [-0.2, -0.15) is 0 Å². The summed E-state index contributed by atoms with van der Waals surface area (Å²) in [5.74, 6) is -3.09. The number of carbonyl (C=O) groups excluding carboxylic acids is 1. The van der Waals surface area contributed by atoms with Crippen LogP contribution in [0.4, 0.5) is 0 Å². The lowest BCUT2D eigenvalue weighted by molar-refractivity contribution is -0.388. The number of rotatable bonds is 10. The van der Waals surface area contributed by atoms with E-state index in [4.69, 9.17) is 28.4 Å². The minimum Gasteiger partial charge on any atom is -0.459 e. The van der Waals surface area contributed by atoms with Crippen LogP contribution in [0.2, 0.25) is 0 Å². The van der Waals surface area contributed by atoms with Gasteiger partial charge in [0, 0.05) is 5.57 Å². The van der Waals surface area contributed by atoms with Gasteiger partial charge >= 0.3 is 5.97 Å².